The Kier molecular flexibility index (Phi) is 5.19. The van der Waals surface area contributed by atoms with Crippen LogP contribution in [0.2, 0.25) is 0 Å². The Bertz CT molecular complexity index is 647. The highest BCUT2D eigenvalue weighted by molar-refractivity contribution is 5.45. The first-order valence-electron chi connectivity index (χ1n) is 6.67. The lowest BCUT2D eigenvalue weighted by atomic mass is 10.1. The smallest absolute Gasteiger partial charge is 0.136 e. The Morgan fingerprint density at radius 2 is 1.95 bits per heavy atom. The zero-order valence-corrected chi connectivity index (χ0v) is 11.9. The van der Waals surface area contributed by atoms with Crippen molar-refractivity contribution in [1.29, 1.82) is 5.26 Å². The maximum atomic E-state index is 9.07. The molecule has 0 aliphatic carbocycles. The van der Waals surface area contributed by atoms with Crippen LogP contribution < -0.4 is 9.47 Å². The van der Waals surface area contributed by atoms with E-state index in [2.05, 4.69) is 6.07 Å². The van der Waals surface area contributed by atoms with E-state index >= 15 is 0 Å². The standard InChI is InChI=1S/C17H17NO3/c1-20-16-7-6-13(10-15(16)11-18)12-21-17-5-3-2-4-14(17)8-9-19/h2-7,10,19H,8-9,12H2,1H3. The topological polar surface area (TPSA) is 62.5 Å². The molecule has 0 aromatic heterocycles. The molecule has 0 spiro atoms. The molecule has 4 heteroatoms. The highest BCUT2D eigenvalue weighted by Gasteiger charge is 2.06. The van der Waals surface area contributed by atoms with Gasteiger partial charge in [-0.3, -0.25) is 0 Å². The monoisotopic (exact) mass is 283 g/mol. The van der Waals surface area contributed by atoms with E-state index < -0.39 is 0 Å². The largest absolute Gasteiger partial charge is 0.495 e. The summed E-state index contributed by atoms with van der Waals surface area (Å²) in [5, 5.41) is 18.1. The third-order valence-corrected chi connectivity index (χ3v) is 3.13. The van der Waals surface area contributed by atoms with E-state index in [9.17, 15) is 0 Å². The number of methoxy groups -OCH3 is 1. The van der Waals surface area contributed by atoms with Crippen LogP contribution in [0.4, 0.5) is 0 Å². The summed E-state index contributed by atoms with van der Waals surface area (Å²) < 4.78 is 10.9. The van der Waals surface area contributed by atoms with Crippen molar-refractivity contribution in [2.24, 2.45) is 0 Å². The number of hydrogen-bond donors (Lipinski definition) is 1. The molecule has 0 aliphatic rings. The maximum absolute atomic E-state index is 9.07. The van der Waals surface area contributed by atoms with Crippen LogP contribution in [0.25, 0.3) is 0 Å². The molecule has 0 bridgehead atoms. The molecule has 0 radical (unpaired) electrons. The zero-order valence-electron chi connectivity index (χ0n) is 11.9. The minimum atomic E-state index is 0.0848. The number of para-hydroxylation sites is 1. The van der Waals surface area contributed by atoms with Gasteiger partial charge in [0.25, 0.3) is 0 Å². The Morgan fingerprint density at radius 3 is 2.67 bits per heavy atom. The Morgan fingerprint density at radius 1 is 1.14 bits per heavy atom. The van der Waals surface area contributed by atoms with E-state index in [4.69, 9.17) is 19.8 Å². The SMILES string of the molecule is COc1ccc(COc2ccccc2CCO)cc1C#N. The molecule has 4 nitrogen and oxygen atoms in total. The third kappa shape index (κ3) is 3.74. The van der Waals surface area contributed by atoms with Gasteiger partial charge in [-0.15, -0.1) is 0 Å². The lowest BCUT2D eigenvalue weighted by molar-refractivity contribution is 0.284. The molecule has 2 rings (SSSR count). The van der Waals surface area contributed by atoms with Crippen LogP contribution in [0, 0.1) is 11.3 Å². The predicted molar refractivity (Wildman–Crippen MR) is 79.3 cm³/mol. The molecule has 2 aromatic carbocycles. The first kappa shape index (κ1) is 14.9. The van der Waals surface area contributed by atoms with Gasteiger partial charge in [-0.25, -0.2) is 0 Å². The molecule has 1 N–H and O–H groups in total. The number of nitrogens with zero attached hydrogens (tertiary/aromatic N) is 1. The van der Waals surface area contributed by atoms with Crippen molar-refractivity contribution in [2.75, 3.05) is 13.7 Å². The summed E-state index contributed by atoms with van der Waals surface area (Å²) in [4.78, 5) is 0. The van der Waals surface area contributed by atoms with Gasteiger partial charge in [-0.2, -0.15) is 5.26 Å². The van der Waals surface area contributed by atoms with Gasteiger partial charge in [0.15, 0.2) is 0 Å². The minimum Gasteiger partial charge on any atom is -0.495 e. The molecule has 0 unspecified atom stereocenters. The lowest BCUT2D eigenvalue weighted by Gasteiger charge is -2.11. The number of benzene rings is 2. The van der Waals surface area contributed by atoms with Crippen LogP contribution in [-0.4, -0.2) is 18.8 Å². The lowest BCUT2D eigenvalue weighted by Crippen LogP contribution is -2.01. The van der Waals surface area contributed by atoms with Gasteiger partial charge in [-0.1, -0.05) is 24.3 Å². The number of aliphatic hydroxyl groups is 1. The quantitative estimate of drug-likeness (QED) is 0.885. The van der Waals surface area contributed by atoms with Crippen molar-refractivity contribution in [2.45, 2.75) is 13.0 Å². The fourth-order valence-electron chi connectivity index (χ4n) is 2.07. The molecule has 21 heavy (non-hydrogen) atoms. The number of rotatable bonds is 6. The Hall–Kier alpha value is -2.51. The van der Waals surface area contributed by atoms with Crippen molar-refractivity contribution in [1.82, 2.24) is 0 Å². The molecule has 2 aromatic rings. The first-order valence-corrected chi connectivity index (χ1v) is 6.67. The molecular weight excluding hydrogens is 266 g/mol. The number of ether oxygens (including phenoxy) is 2. The van der Waals surface area contributed by atoms with Crippen LogP contribution in [0.1, 0.15) is 16.7 Å². The van der Waals surface area contributed by atoms with Gasteiger partial charge in [0.2, 0.25) is 0 Å². The summed E-state index contributed by atoms with van der Waals surface area (Å²) in [5.41, 5.74) is 2.35. The van der Waals surface area contributed by atoms with Crippen molar-refractivity contribution in [3.05, 3.63) is 59.2 Å². The second-order valence-electron chi connectivity index (χ2n) is 4.52. The average molecular weight is 283 g/mol. The van der Waals surface area contributed by atoms with E-state index in [0.717, 1.165) is 16.9 Å². The summed E-state index contributed by atoms with van der Waals surface area (Å²) in [7, 11) is 1.54. The number of aliphatic hydroxyl groups excluding tert-OH is 1. The van der Waals surface area contributed by atoms with Gasteiger partial charge in [-0.05, 0) is 35.7 Å². The van der Waals surface area contributed by atoms with E-state index in [1.54, 1.807) is 12.1 Å². The second kappa shape index (κ2) is 7.32. The number of hydrogen-bond acceptors (Lipinski definition) is 4. The van der Waals surface area contributed by atoms with Gasteiger partial charge in [0.05, 0.1) is 12.7 Å². The van der Waals surface area contributed by atoms with Crippen LogP contribution in [0.5, 0.6) is 11.5 Å². The zero-order chi connectivity index (χ0) is 15.1. The van der Waals surface area contributed by atoms with Crippen LogP contribution >= 0.6 is 0 Å². The van der Waals surface area contributed by atoms with Crippen LogP contribution in [0.15, 0.2) is 42.5 Å². The van der Waals surface area contributed by atoms with E-state index in [0.29, 0.717) is 24.3 Å². The van der Waals surface area contributed by atoms with Crippen LogP contribution in [0.3, 0.4) is 0 Å². The van der Waals surface area contributed by atoms with Gasteiger partial charge in [0, 0.05) is 6.61 Å². The fourth-order valence-corrected chi connectivity index (χ4v) is 2.07. The van der Waals surface area contributed by atoms with Gasteiger partial charge >= 0.3 is 0 Å². The van der Waals surface area contributed by atoms with Gasteiger partial charge < -0.3 is 14.6 Å². The molecule has 0 amide bonds. The Balaban J connectivity index is 2.12. The van der Waals surface area contributed by atoms with E-state index in [1.165, 1.54) is 7.11 Å². The fraction of sp³-hybridized carbons (Fsp3) is 0.235. The molecule has 0 aliphatic heterocycles. The summed E-state index contributed by atoms with van der Waals surface area (Å²) in [6, 6.07) is 15.1. The summed E-state index contributed by atoms with van der Waals surface area (Å²) in [6.45, 7) is 0.447. The van der Waals surface area contributed by atoms with Crippen LogP contribution in [-0.2, 0) is 13.0 Å². The molecule has 0 heterocycles. The molecule has 0 saturated heterocycles. The molecule has 0 atom stereocenters. The first-order chi connectivity index (χ1) is 10.3. The average Bonchev–Trinajstić information content (AvgIpc) is 2.54. The van der Waals surface area contributed by atoms with E-state index in [1.807, 2.05) is 30.3 Å². The maximum Gasteiger partial charge on any atom is 0.136 e. The molecule has 0 saturated carbocycles. The number of nitriles is 1. The van der Waals surface area contributed by atoms with Crippen molar-refractivity contribution < 1.29 is 14.6 Å². The van der Waals surface area contributed by atoms with Crippen molar-refractivity contribution in [3.8, 4) is 17.6 Å². The second-order valence-corrected chi connectivity index (χ2v) is 4.52. The molecule has 0 fully saturated rings. The van der Waals surface area contributed by atoms with Gasteiger partial charge in [0.1, 0.15) is 24.2 Å². The highest BCUT2D eigenvalue weighted by Crippen LogP contribution is 2.22. The highest BCUT2D eigenvalue weighted by atomic mass is 16.5. The summed E-state index contributed by atoms with van der Waals surface area (Å²) in [6.07, 6.45) is 0.558. The van der Waals surface area contributed by atoms with E-state index in [-0.39, 0.29) is 6.61 Å². The normalized spacial score (nSPS) is 9.95. The molecular formula is C17H17NO3. The summed E-state index contributed by atoms with van der Waals surface area (Å²) in [5.74, 6) is 1.31. The summed E-state index contributed by atoms with van der Waals surface area (Å²) >= 11 is 0. The minimum absolute atomic E-state index is 0.0848. The van der Waals surface area contributed by atoms with Crippen molar-refractivity contribution in [3.63, 3.8) is 0 Å². The van der Waals surface area contributed by atoms with Crippen molar-refractivity contribution >= 4 is 0 Å². The molecule has 108 valence electrons. The third-order valence-electron chi connectivity index (χ3n) is 3.13. The predicted octanol–water partition coefficient (Wildman–Crippen LogP) is 2.68. The Labute approximate surface area is 124 Å².